The van der Waals surface area contributed by atoms with Crippen molar-refractivity contribution >= 4 is 17.2 Å². The highest BCUT2D eigenvalue weighted by molar-refractivity contribution is 7.13. The maximum Gasteiger partial charge on any atom is 0.258 e. The lowest BCUT2D eigenvalue weighted by Gasteiger charge is -2.37. The average Bonchev–Trinajstić information content (AvgIpc) is 3.11. The Bertz CT molecular complexity index is 781. The number of fused-ring (bicyclic) bond motifs is 1. The molecule has 2 aromatic rings. The van der Waals surface area contributed by atoms with E-state index in [9.17, 15) is 9.18 Å². The van der Waals surface area contributed by atoms with E-state index >= 15 is 0 Å². The number of thiophene rings is 1. The van der Waals surface area contributed by atoms with Crippen LogP contribution in [-0.4, -0.2) is 22.3 Å². The number of likely N-dealkylation sites (tertiary alicyclic amines) is 1. The van der Waals surface area contributed by atoms with Gasteiger partial charge in [-0.1, -0.05) is 6.08 Å². The molecule has 1 saturated heterocycles. The Morgan fingerprint density at radius 2 is 2.17 bits per heavy atom. The molecule has 4 rings (SSSR count). The van der Waals surface area contributed by atoms with Crippen molar-refractivity contribution in [3.63, 3.8) is 0 Å². The van der Waals surface area contributed by atoms with Crippen molar-refractivity contribution in [2.24, 2.45) is 5.92 Å². The van der Waals surface area contributed by atoms with E-state index in [1.54, 1.807) is 6.07 Å². The summed E-state index contributed by atoms with van der Waals surface area (Å²) in [7, 11) is 0. The molecular weight excluding hydrogens is 323 g/mol. The van der Waals surface area contributed by atoms with Crippen molar-refractivity contribution in [1.82, 2.24) is 9.88 Å². The van der Waals surface area contributed by atoms with E-state index in [0.717, 1.165) is 29.8 Å². The van der Waals surface area contributed by atoms with Crippen LogP contribution in [0.3, 0.4) is 0 Å². The number of rotatable bonds is 2. The summed E-state index contributed by atoms with van der Waals surface area (Å²) in [6.45, 7) is 0.810. The van der Waals surface area contributed by atoms with Crippen molar-refractivity contribution in [2.45, 2.75) is 32.1 Å². The minimum Gasteiger partial charge on any atom is -0.312 e. The summed E-state index contributed by atoms with van der Waals surface area (Å²) in [5, 5.41) is 1.90. The quantitative estimate of drug-likeness (QED) is 0.730. The van der Waals surface area contributed by atoms with Gasteiger partial charge in [-0.2, -0.15) is 4.39 Å². The molecule has 0 N–H and O–H groups in total. The van der Waals surface area contributed by atoms with Crippen LogP contribution < -0.4 is 0 Å². The molecule has 1 amide bonds. The summed E-state index contributed by atoms with van der Waals surface area (Å²) in [5.41, 5.74) is 2.79. The number of piperidine rings is 1. The highest BCUT2D eigenvalue weighted by Gasteiger charge is 2.31. The van der Waals surface area contributed by atoms with E-state index in [1.807, 2.05) is 16.3 Å². The standard InChI is InChI=1S/C19H19FN2OS/c20-18-8-7-14(11-21-18)17-10-15(12-24-17)19(23)22-9-3-5-13-4-1-2-6-16(13)22/h6-8,10-13H,1-5,9H2. The van der Waals surface area contributed by atoms with Crippen molar-refractivity contribution in [3.8, 4) is 10.4 Å². The van der Waals surface area contributed by atoms with Crippen LogP contribution in [0.4, 0.5) is 4.39 Å². The number of amides is 1. The molecule has 1 aliphatic heterocycles. The first-order chi connectivity index (χ1) is 11.7. The number of halogens is 1. The molecule has 0 spiro atoms. The van der Waals surface area contributed by atoms with Crippen LogP contribution >= 0.6 is 11.3 Å². The Morgan fingerprint density at radius 1 is 1.29 bits per heavy atom. The first-order valence-electron chi connectivity index (χ1n) is 8.45. The molecule has 3 heterocycles. The smallest absolute Gasteiger partial charge is 0.258 e. The van der Waals surface area contributed by atoms with Crippen molar-refractivity contribution in [2.75, 3.05) is 6.54 Å². The lowest BCUT2D eigenvalue weighted by atomic mass is 9.84. The van der Waals surface area contributed by atoms with Crippen molar-refractivity contribution < 1.29 is 9.18 Å². The number of aromatic nitrogens is 1. The van der Waals surface area contributed by atoms with Gasteiger partial charge in [0.25, 0.3) is 5.91 Å². The second-order valence-electron chi connectivity index (χ2n) is 6.43. The van der Waals surface area contributed by atoms with Gasteiger partial charge in [0.05, 0.1) is 5.56 Å². The predicted molar refractivity (Wildman–Crippen MR) is 93.2 cm³/mol. The van der Waals surface area contributed by atoms with E-state index in [2.05, 4.69) is 11.1 Å². The molecule has 5 heteroatoms. The molecule has 124 valence electrons. The number of pyridine rings is 1. The van der Waals surface area contributed by atoms with E-state index in [4.69, 9.17) is 0 Å². The van der Waals surface area contributed by atoms with Crippen LogP contribution in [0.1, 0.15) is 42.5 Å². The lowest BCUT2D eigenvalue weighted by molar-refractivity contribution is 0.0749. The Morgan fingerprint density at radius 3 is 3.00 bits per heavy atom. The van der Waals surface area contributed by atoms with E-state index in [1.165, 1.54) is 48.6 Å². The maximum absolute atomic E-state index is 13.0. The highest BCUT2D eigenvalue weighted by Crippen LogP contribution is 2.36. The zero-order valence-corrected chi connectivity index (χ0v) is 14.2. The van der Waals surface area contributed by atoms with Gasteiger partial charge < -0.3 is 4.90 Å². The number of hydrogen-bond donors (Lipinski definition) is 0. The minimum atomic E-state index is -0.491. The fraction of sp³-hybridized carbons (Fsp3) is 0.368. The van der Waals surface area contributed by atoms with Crippen molar-refractivity contribution in [1.29, 1.82) is 0 Å². The molecule has 1 atom stereocenters. The Balaban J connectivity index is 1.58. The zero-order chi connectivity index (χ0) is 16.5. The molecule has 0 radical (unpaired) electrons. The van der Waals surface area contributed by atoms with Gasteiger partial charge in [-0.05, 0) is 56.2 Å². The monoisotopic (exact) mass is 342 g/mol. The number of hydrogen-bond acceptors (Lipinski definition) is 3. The van der Waals surface area contributed by atoms with Gasteiger partial charge in [0.1, 0.15) is 0 Å². The molecule has 1 aliphatic carbocycles. The molecule has 0 bridgehead atoms. The first-order valence-corrected chi connectivity index (χ1v) is 9.33. The minimum absolute atomic E-state index is 0.0884. The Kier molecular flexibility index (Phi) is 4.19. The average molecular weight is 342 g/mol. The second kappa shape index (κ2) is 6.48. The summed E-state index contributed by atoms with van der Waals surface area (Å²) >= 11 is 1.50. The lowest BCUT2D eigenvalue weighted by Crippen LogP contribution is -2.38. The van der Waals surface area contributed by atoms with Crippen LogP contribution in [0.15, 0.2) is 41.5 Å². The van der Waals surface area contributed by atoms with Gasteiger partial charge in [-0.25, -0.2) is 4.98 Å². The normalized spacial score (nSPS) is 20.5. The predicted octanol–water partition coefficient (Wildman–Crippen LogP) is 4.87. The zero-order valence-electron chi connectivity index (χ0n) is 13.4. The molecule has 0 saturated carbocycles. The van der Waals surface area contributed by atoms with Crippen LogP contribution in [0.25, 0.3) is 10.4 Å². The molecular formula is C19H19FN2OS. The molecule has 1 fully saturated rings. The largest absolute Gasteiger partial charge is 0.312 e. The number of carbonyl (C=O) groups excluding carboxylic acids is 1. The summed E-state index contributed by atoms with van der Waals surface area (Å²) in [4.78, 5) is 19.6. The molecule has 0 aromatic carbocycles. The van der Waals surface area contributed by atoms with Gasteiger partial charge >= 0.3 is 0 Å². The Labute approximate surface area is 144 Å². The maximum atomic E-state index is 13.0. The number of carbonyl (C=O) groups is 1. The molecule has 24 heavy (non-hydrogen) atoms. The fourth-order valence-corrected chi connectivity index (χ4v) is 4.55. The third kappa shape index (κ3) is 2.88. The van der Waals surface area contributed by atoms with Crippen LogP contribution in [0.2, 0.25) is 0 Å². The third-order valence-electron chi connectivity index (χ3n) is 4.88. The van der Waals surface area contributed by atoms with Crippen molar-refractivity contribution in [3.05, 3.63) is 53.1 Å². The van der Waals surface area contributed by atoms with E-state index in [-0.39, 0.29) is 5.91 Å². The molecule has 2 aliphatic rings. The second-order valence-corrected chi connectivity index (χ2v) is 7.34. The van der Waals surface area contributed by atoms with Gasteiger partial charge in [-0.15, -0.1) is 11.3 Å². The summed E-state index contributed by atoms with van der Waals surface area (Å²) < 4.78 is 13.0. The summed E-state index contributed by atoms with van der Waals surface area (Å²) in [6.07, 6.45) is 9.55. The highest BCUT2D eigenvalue weighted by atomic mass is 32.1. The molecule has 2 aromatic heterocycles. The first kappa shape index (κ1) is 15.5. The van der Waals surface area contributed by atoms with Crippen LogP contribution in [-0.2, 0) is 0 Å². The van der Waals surface area contributed by atoms with Gasteiger partial charge in [-0.3, -0.25) is 4.79 Å². The van der Waals surface area contributed by atoms with E-state index < -0.39 is 5.95 Å². The van der Waals surface area contributed by atoms with Gasteiger partial charge in [0, 0.05) is 34.3 Å². The summed E-state index contributed by atoms with van der Waals surface area (Å²) in [6, 6.07) is 4.94. The number of allylic oxidation sites excluding steroid dienone is 2. The Hall–Kier alpha value is -2.01. The SMILES string of the molecule is O=C(c1csc(-c2ccc(F)nc2)c1)N1CCCC2CCCC=C21. The molecule has 3 nitrogen and oxygen atoms in total. The van der Waals surface area contributed by atoms with E-state index in [0.29, 0.717) is 11.5 Å². The molecule has 1 unspecified atom stereocenters. The van der Waals surface area contributed by atoms with Crippen LogP contribution in [0.5, 0.6) is 0 Å². The topological polar surface area (TPSA) is 33.2 Å². The summed E-state index contributed by atoms with van der Waals surface area (Å²) in [5.74, 6) is 0.150. The van der Waals surface area contributed by atoms with Gasteiger partial charge in [0.2, 0.25) is 5.95 Å². The third-order valence-corrected chi connectivity index (χ3v) is 5.86. The van der Waals surface area contributed by atoms with Gasteiger partial charge in [0.15, 0.2) is 0 Å². The van der Waals surface area contributed by atoms with Crippen LogP contribution in [0, 0.1) is 11.9 Å². The number of nitrogens with zero attached hydrogens (tertiary/aromatic N) is 2. The fourth-order valence-electron chi connectivity index (χ4n) is 3.67.